The van der Waals surface area contributed by atoms with E-state index in [1.807, 2.05) is 24.3 Å². The van der Waals surface area contributed by atoms with Crippen LogP contribution in [0.3, 0.4) is 0 Å². The van der Waals surface area contributed by atoms with E-state index in [1.54, 1.807) is 24.5 Å². The Kier molecular flexibility index (Phi) is 13.4. The zero-order valence-corrected chi connectivity index (χ0v) is 9.04. The van der Waals surface area contributed by atoms with Gasteiger partial charge in [0, 0.05) is 0 Å². The average molecular weight is 251 g/mol. The van der Waals surface area contributed by atoms with Gasteiger partial charge in [-0.25, -0.2) is 0 Å². The van der Waals surface area contributed by atoms with Gasteiger partial charge in [0.15, 0.2) is 0 Å². The normalized spacial score (nSPS) is 6.86. The molecule has 0 aliphatic carbocycles. The second kappa shape index (κ2) is 12.1. The van der Waals surface area contributed by atoms with Crippen LogP contribution in [0.4, 0.5) is 0 Å². The summed E-state index contributed by atoms with van der Waals surface area (Å²) >= 11 is 0. The molecule has 0 aromatic carbocycles. The van der Waals surface area contributed by atoms with Crippen molar-refractivity contribution in [2.24, 2.45) is 0 Å². The standard InChI is InChI=1S/2C5H4N.ClH.Ni/c2*1-2-4-6-5-3-1;;/h2*1-4H;1H;/q2*-1;;+2. The third-order valence-electron chi connectivity index (χ3n) is 1.03. The van der Waals surface area contributed by atoms with Crippen molar-refractivity contribution in [3.05, 3.63) is 61.2 Å². The molecule has 0 fully saturated rings. The summed E-state index contributed by atoms with van der Waals surface area (Å²) in [6.45, 7) is 0. The van der Waals surface area contributed by atoms with Gasteiger partial charge in [0.2, 0.25) is 0 Å². The fraction of sp³-hybridized carbons (Fsp3) is 0. The van der Waals surface area contributed by atoms with Crippen LogP contribution in [0.25, 0.3) is 0 Å². The summed E-state index contributed by atoms with van der Waals surface area (Å²) in [5.41, 5.74) is 0. The van der Waals surface area contributed by atoms with Crippen LogP contribution >= 0.6 is 12.4 Å². The van der Waals surface area contributed by atoms with Crippen LogP contribution in [0.15, 0.2) is 48.8 Å². The predicted molar refractivity (Wildman–Crippen MR) is 53.4 cm³/mol. The van der Waals surface area contributed by atoms with Gasteiger partial charge in [0.1, 0.15) is 0 Å². The molecule has 0 amide bonds. The zero-order chi connectivity index (χ0) is 8.49. The molecule has 2 heterocycles. The molecular formula is C10H9ClN2Ni. The molecule has 2 aromatic heterocycles. The minimum atomic E-state index is 0. The maximum atomic E-state index is 3.66. The minimum Gasteiger partial charge on any atom is -0.394 e. The number of pyridine rings is 2. The van der Waals surface area contributed by atoms with Crippen molar-refractivity contribution in [3.63, 3.8) is 0 Å². The second-order valence-electron chi connectivity index (χ2n) is 1.92. The first-order chi connectivity index (χ1) is 6.00. The Hall–Kier alpha value is -0.916. The van der Waals surface area contributed by atoms with E-state index in [0.717, 1.165) is 0 Å². The summed E-state index contributed by atoms with van der Waals surface area (Å²) in [4.78, 5) is 7.32. The number of rotatable bonds is 0. The Morgan fingerprint density at radius 1 is 0.714 bits per heavy atom. The summed E-state index contributed by atoms with van der Waals surface area (Å²) in [6.07, 6.45) is 8.67. The van der Waals surface area contributed by atoms with E-state index in [0.29, 0.717) is 0 Å². The molecule has 0 unspecified atom stereocenters. The van der Waals surface area contributed by atoms with E-state index in [9.17, 15) is 0 Å². The van der Waals surface area contributed by atoms with Crippen molar-refractivity contribution in [1.29, 1.82) is 0 Å². The molecule has 0 saturated carbocycles. The first-order valence-electron chi connectivity index (χ1n) is 3.54. The molecule has 0 bridgehead atoms. The van der Waals surface area contributed by atoms with Gasteiger partial charge in [0.05, 0.1) is 0 Å². The molecule has 0 saturated heterocycles. The van der Waals surface area contributed by atoms with Crippen LogP contribution in [0.5, 0.6) is 0 Å². The molecule has 0 atom stereocenters. The van der Waals surface area contributed by atoms with Gasteiger partial charge in [-0.15, -0.1) is 12.4 Å². The monoisotopic (exact) mass is 250 g/mol. The SMILES string of the molecule is Cl.[Ni+2].[c-]1ccccn1.[c-]1ccccn1. The molecule has 4 heteroatoms. The predicted octanol–water partition coefficient (Wildman–Crippen LogP) is 2.18. The van der Waals surface area contributed by atoms with Crippen molar-refractivity contribution < 1.29 is 16.5 Å². The smallest absolute Gasteiger partial charge is 0.394 e. The minimum absolute atomic E-state index is 0. The molecule has 14 heavy (non-hydrogen) atoms. The van der Waals surface area contributed by atoms with Gasteiger partial charge in [-0.3, -0.25) is 0 Å². The number of aromatic nitrogens is 2. The van der Waals surface area contributed by atoms with Gasteiger partial charge >= 0.3 is 16.5 Å². The van der Waals surface area contributed by atoms with Crippen molar-refractivity contribution in [2.45, 2.75) is 0 Å². The van der Waals surface area contributed by atoms with Crippen LogP contribution in [-0.4, -0.2) is 9.97 Å². The Balaban J connectivity index is 0. The van der Waals surface area contributed by atoms with E-state index < -0.39 is 0 Å². The summed E-state index contributed by atoms with van der Waals surface area (Å²) in [6, 6.07) is 11.0. The first-order valence-corrected chi connectivity index (χ1v) is 3.54. The Bertz CT molecular complexity index is 194. The number of hydrogen-bond acceptors (Lipinski definition) is 2. The van der Waals surface area contributed by atoms with E-state index >= 15 is 0 Å². The van der Waals surface area contributed by atoms with Crippen LogP contribution in [0.2, 0.25) is 0 Å². The number of hydrogen-bond donors (Lipinski definition) is 0. The third kappa shape index (κ3) is 9.17. The molecule has 0 N–H and O–H groups in total. The summed E-state index contributed by atoms with van der Waals surface area (Å²) in [5, 5.41) is 0. The number of nitrogens with zero attached hydrogens (tertiary/aromatic N) is 2. The van der Waals surface area contributed by atoms with Crippen LogP contribution in [0.1, 0.15) is 0 Å². The van der Waals surface area contributed by atoms with Crippen molar-refractivity contribution >= 4 is 12.4 Å². The van der Waals surface area contributed by atoms with Gasteiger partial charge in [0.25, 0.3) is 0 Å². The molecule has 0 aliphatic rings. The van der Waals surface area contributed by atoms with Gasteiger partial charge in [-0.2, -0.15) is 36.4 Å². The first kappa shape index (κ1) is 15.6. The van der Waals surface area contributed by atoms with Crippen LogP contribution in [0, 0.1) is 12.4 Å². The summed E-state index contributed by atoms with van der Waals surface area (Å²) < 4.78 is 0. The summed E-state index contributed by atoms with van der Waals surface area (Å²) in [7, 11) is 0. The Morgan fingerprint density at radius 2 is 1.14 bits per heavy atom. The molecule has 76 valence electrons. The molecule has 0 radical (unpaired) electrons. The van der Waals surface area contributed by atoms with Gasteiger partial charge in [-0.05, 0) is 0 Å². The van der Waals surface area contributed by atoms with Crippen molar-refractivity contribution in [2.75, 3.05) is 0 Å². The molecule has 2 aromatic rings. The third-order valence-corrected chi connectivity index (χ3v) is 1.03. The summed E-state index contributed by atoms with van der Waals surface area (Å²) in [5.74, 6) is 0. The van der Waals surface area contributed by atoms with E-state index in [-0.39, 0.29) is 28.9 Å². The number of halogens is 1. The topological polar surface area (TPSA) is 25.8 Å². The molecule has 0 aliphatic heterocycles. The van der Waals surface area contributed by atoms with Crippen molar-refractivity contribution in [3.8, 4) is 0 Å². The average Bonchev–Trinajstić information content (AvgIpc) is 2.24. The molecule has 2 nitrogen and oxygen atoms in total. The van der Waals surface area contributed by atoms with Gasteiger partial charge in [-0.1, -0.05) is 24.8 Å². The molecule has 0 spiro atoms. The van der Waals surface area contributed by atoms with Crippen molar-refractivity contribution in [1.82, 2.24) is 9.97 Å². The quantitative estimate of drug-likeness (QED) is 0.530. The zero-order valence-electron chi connectivity index (χ0n) is 7.24. The largest absolute Gasteiger partial charge is 2.00 e. The van der Waals surface area contributed by atoms with Crippen LogP contribution in [-0.2, 0) is 16.5 Å². The fourth-order valence-electron chi connectivity index (χ4n) is 0.555. The Morgan fingerprint density at radius 3 is 1.21 bits per heavy atom. The Labute approximate surface area is 100 Å². The maximum absolute atomic E-state index is 3.66. The second-order valence-corrected chi connectivity index (χ2v) is 1.92. The van der Waals surface area contributed by atoms with Crippen LogP contribution < -0.4 is 0 Å². The van der Waals surface area contributed by atoms with Gasteiger partial charge < -0.3 is 9.97 Å². The fourth-order valence-corrected chi connectivity index (χ4v) is 0.555. The molecule has 2 rings (SSSR count). The van der Waals surface area contributed by atoms with E-state index in [2.05, 4.69) is 22.4 Å². The molecular weight excluding hydrogens is 242 g/mol. The van der Waals surface area contributed by atoms with E-state index in [1.165, 1.54) is 0 Å². The maximum Gasteiger partial charge on any atom is 2.00 e. The van der Waals surface area contributed by atoms with E-state index in [4.69, 9.17) is 0 Å².